The molecule has 1 aromatic heterocycles. The average Bonchev–Trinajstić information content (AvgIpc) is 3.25. The van der Waals surface area contributed by atoms with Gasteiger partial charge in [0, 0.05) is 24.7 Å². The number of carbonyl (C=O) groups is 1. The number of anilines is 1. The Hall–Kier alpha value is -2.69. The topological polar surface area (TPSA) is 92.3 Å². The lowest BCUT2D eigenvalue weighted by Gasteiger charge is -2.30. The van der Waals surface area contributed by atoms with Crippen molar-refractivity contribution in [3.63, 3.8) is 0 Å². The number of piperidine rings is 1. The highest BCUT2D eigenvalue weighted by atomic mass is 32.2. The van der Waals surface area contributed by atoms with Crippen molar-refractivity contribution in [1.29, 1.82) is 0 Å². The Labute approximate surface area is 177 Å². The summed E-state index contributed by atoms with van der Waals surface area (Å²) in [5, 5.41) is 11.7. The summed E-state index contributed by atoms with van der Waals surface area (Å²) in [7, 11) is -3.95. The Balaban J connectivity index is 1.49. The number of rotatable bonds is 5. The SMILES string of the molecule is O=C(Nc1ccccc1)c1nnc([C@H]2CCCN(S(=O)(=O)c3ccccc3F)C2)s1. The van der Waals surface area contributed by atoms with Crippen LogP contribution in [0.15, 0.2) is 59.5 Å². The predicted octanol–water partition coefficient (Wildman–Crippen LogP) is 3.50. The average molecular weight is 447 g/mol. The van der Waals surface area contributed by atoms with Gasteiger partial charge in [-0.2, -0.15) is 4.31 Å². The van der Waals surface area contributed by atoms with Gasteiger partial charge in [0.2, 0.25) is 15.0 Å². The third-order valence-electron chi connectivity index (χ3n) is 4.85. The molecule has 10 heteroatoms. The molecule has 0 spiro atoms. The highest BCUT2D eigenvalue weighted by Crippen LogP contribution is 2.32. The van der Waals surface area contributed by atoms with E-state index in [-0.39, 0.29) is 28.3 Å². The molecule has 4 rings (SSSR count). The maximum atomic E-state index is 14.1. The summed E-state index contributed by atoms with van der Waals surface area (Å²) in [4.78, 5) is 12.1. The van der Waals surface area contributed by atoms with E-state index in [0.29, 0.717) is 23.7 Å². The Kier molecular flexibility index (Phi) is 5.89. The third kappa shape index (κ3) is 4.25. The molecule has 2 aromatic carbocycles. The molecule has 1 amide bonds. The molecule has 0 saturated carbocycles. The minimum absolute atomic E-state index is 0.172. The molecule has 1 aliphatic rings. The lowest BCUT2D eigenvalue weighted by Crippen LogP contribution is -2.39. The molecule has 30 heavy (non-hydrogen) atoms. The predicted molar refractivity (Wildman–Crippen MR) is 111 cm³/mol. The maximum Gasteiger partial charge on any atom is 0.286 e. The smallest absolute Gasteiger partial charge is 0.286 e. The van der Waals surface area contributed by atoms with Crippen LogP contribution in [0.4, 0.5) is 10.1 Å². The summed E-state index contributed by atoms with van der Waals surface area (Å²) in [5.41, 5.74) is 0.652. The summed E-state index contributed by atoms with van der Waals surface area (Å²) in [5.74, 6) is -1.33. The minimum Gasteiger partial charge on any atom is -0.320 e. The van der Waals surface area contributed by atoms with E-state index in [4.69, 9.17) is 0 Å². The zero-order valence-electron chi connectivity index (χ0n) is 15.9. The summed E-state index contributed by atoms with van der Waals surface area (Å²) in [6.07, 6.45) is 1.34. The van der Waals surface area contributed by atoms with Gasteiger partial charge >= 0.3 is 0 Å². The normalized spacial score (nSPS) is 17.6. The molecule has 1 atom stereocenters. The van der Waals surface area contributed by atoms with Crippen LogP contribution >= 0.6 is 11.3 Å². The van der Waals surface area contributed by atoms with Crippen molar-refractivity contribution in [2.45, 2.75) is 23.7 Å². The van der Waals surface area contributed by atoms with E-state index < -0.39 is 15.8 Å². The van der Waals surface area contributed by atoms with E-state index in [1.807, 2.05) is 18.2 Å². The number of benzene rings is 2. The van der Waals surface area contributed by atoms with E-state index in [0.717, 1.165) is 23.8 Å². The molecule has 1 saturated heterocycles. The van der Waals surface area contributed by atoms with Crippen LogP contribution in [0.5, 0.6) is 0 Å². The van der Waals surface area contributed by atoms with Crippen molar-refractivity contribution in [3.8, 4) is 0 Å². The van der Waals surface area contributed by atoms with Crippen LogP contribution in [0.3, 0.4) is 0 Å². The zero-order valence-corrected chi connectivity index (χ0v) is 17.5. The molecule has 156 valence electrons. The molecule has 1 aliphatic heterocycles. The van der Waals surface area contributed by atoms with Crippen molar-refractivity contribution in [2.75, 3.05) is 18.4 Å². The van der Waals surface area contributed by atoms with Crippen LogP contribution < -0.4 is 5.32 Å². The quantitative estimate of drug-likeness (QED) is 0.648. The summed E-state index contributed by atoms with van der Waals surface area (Å²) in [6, 6.07) is 14.4. The number of hydrogen-bond donors (Lipinski definition) is 1. The zero-order chi connectivity index (χ0) is 21.1. The number of aromatic nitrogens is 2. The van der Waals surface area contributed by atoms with Crippen molar-refractivity contribution in [2.24, 2.45) is 0 Å². The number of hydrogen-bond acceptors (Lipinski definition) is 6. The second-order valence-corrected chi connectivity index (χ2v) is 9.81. The summed E-state index contributed by atoms with van der Waals surface area (Å²) in [6.45, 7) is 0.485. The molecule has 2 heterocycles. The van der Waals surface area contributed by atoms with Crippen LogP contribution in [0.25, 0.3) is 0 Å². The fourth-order valence-electron chi connectivity index (χ4n) is 3.35. The number of amides is 1. The number of nitrogens with one attached hydrogen (secondary N) is 1. The Morgan fingerprint density at radius 2 is 1.83 bits per heavy atom. The van der Waals surface area contributed by atoms with Gasteiger partial charge in [-0.05, 0) is 37.1 Å². The van der Waals surface area contributed by atoms with Crippen molar-refractivity contribution in [1.82, 2.24) is 14.5 Å². The lowest BCUT2D eigenvalue weighted by molar-refractivity contribution is 0.102. The molecule has 1 N–H and O–H groups in total. The second kappa shape index (κ2) is 8.58. The van der Waals surface area contributed by atoms with E-state index in [2.05, 4.69) is 15.5 Å². The van der Waals surface area contributed by atoms with E-state index in [1.165, 1.54) is 22.5 Å². The van der Waals surface area contributed by atoms with Gasteiger partial charge in [0.05, 0.1) is 0 Å². The number of nitrogens with zero attached hydrogens (tertiary/aromatic N) is 3. The van der Waals surface area contributed by atoms with Crippen molar-refractivity contribution >= 4 is 33.0 Å². The van der Waals surface area contributed by atoms with Crippen LogP contribution in [0, 0.1) is 5.82 Å². The van der Waals surface area contributed by atoms with Crippen molar-refractivity contribution < 1.29 is 17.6 Å². The Morgan fingerprint density at radius 1 is 1.10 bits per heavy atom. The first-order valence-corrected chi connectivity index (χ1v) is 11.7. The molecule has 0 aliphatic carbocycles. The van der Waals surface area contributed by atoms with Gasteiger partial charge in [0.25, 0.3) is 5.91 Å². The fraction of sp³-hybridized carbons (Fsp3) is 0.250. The molecule has 0 bridgehead atoms. The standard InChI is InChI=1S/C20H19FN4O3S2/c21-16-10-4-5-11-17(16)30(27,28)25-12-6-7-14(13-25)19-23-24-20(29-19)18(26)22-15-8-2-1-3-9-15/h1-5,8-11,14H,6-7,12-13H2,(H,22,26)/t14-/m0/s1. The van der Waals surface area contributed by atoms with Gasteiger partial charge in [-0.1, -0.05) is 41.7 Å². The monoisotopic (exact) mass is 446 g/mol. The van der Waals surface area contributed by atoms with E-state index in [9.17, 15) is 17.6 Å². The van der Waals surface area contributed by atoms with Gasteiger partial charge in [-0.15, -0.1) is 10.2 Å². The molecule has 0 radical (unpaired) electrons. The first kappa shape index (κ1) is 20.6. The number of para-hydroxylation sites is 1. The van der Waals surface area contributed by atoms with E-state index in [1.54, 1.807) is 12.1 Å². The molecule has 7 nitrogen and oxygen atoms in total. The van der Waals surface area contributed by atoms with Crippen LogP contribution in [0.2, 0.25) is 0 Å². The van der Waals surface area contributed by atoms with Gasteiger partial charge in [0.1, 0.15) is 15.7 Å². The first-order chi connectivity index (χ1) is 14.4. The van der Waals surface area contributed by atoms with Crippen LogP contribution in [0.1, 0.15) is 33.6 Å². The molecular weight excluding hydrogens is 427 g/mol. The third-order valence-corrected chi connectivity index (χ3v) is 7.84. The number of carbonyl (C=O) groups excluding carboxylic acids is 1. The maximum absolute atomic E-state index is 14.1. The Morgan fingerprint density at radius 3 is 2.60 bits per heavy atom. The fourth-order valence-corrected chi connectivity index (χ4v) is 5.81. The van der Waals surface area contributed by atoms with Gasteiger partial charge in [0.15, 0.2) is 0 Å². The van der Waals surface area contributed by atoms with Crippen molar-refractivity contribution in [3.05, 3.63) is 70.4 Å². The van der Waals surface area contributed by atoms with Gasteiger partial charge in [-0.3, -0.25) is 4.79 Å². The highest BCUT2D eigenvalue weighted by molar-refractivity contribution is 7.89. The second-order valence-electron chi connectivity index (χ2n) is 6.90. The molecule has 0 unspecified atom stereocenters. The first-order valence-electron chi connectivity index (χ1n) is 9.39. The van der Waals surface area contributed by atoms with Gasteiger partial charge in [-0.25, -0.2) is 12.8 Å². The number of sulfonamides is 1. The molecule has 1 fully saturated rings. The molecular formula is C20H19FN4O3S2. The van der Waals surface area contributed by atoms with Crippen LogP contribution in [-0.4, -0.2) is 41.9 Å². The lowest BCUT2D eigenvalue weighted by atomic mass is 10.0. The largest absolute Gasteiger partial charge is 0.320 e. The summed E-state index contributed by atoms with van der Waals surface area (Å²) < 4.78 is 41.1. The van der Waals surface area contributed by atoms with Gasteiger partial charge < -0.3 is 5.32 Å². The minimum atomic E-state index is -3.95. The molecule has 3 aromatic rings. The van der Waals surface area contributed by atoms with Crippen LogP contribution in [-0.2, 0) is 10.0 Å². The number of halogens is 1. The van der Waals surface area contributed by atoms with E-state index >= 15 is 0 Å². The summed E-state index contributed by atoms with van der Waals surface area (Å²) >= 11 is 1.15. The Bertz CT molecular complexity index is 1150. The highest BCUT2D eigenvalue weighted by Gasteiger charge is 2.34.